The predicted octanol–water partition coefficient (Wildman–Crippen LogP) is 5.08. The molecule has 2 aromatic carbocycles. The van der Waals surface area contributed by atoms with Gasteiger partial charge < -0.3 is 19.7 Å². The second-order valence-electron chi connectivity index (χ2n) is 9.07. The van der Waals surface area contributed by atoms with Crippen molar-refractivity contribution in [2.75, 3.05) is 33.4 Å². The van der Waals surface area contributed by atoms with Crippen LogP contribution in [-0.4, -0.2) is 55.8 Å². The molecule has 1 aliphatic heterocycles. The van der Waals surface area contributed by atoms with Gasteiger partial charge in [0.1, 0.15) is 5.75 Å². The smallest absolute Gasteiger partial charge is 0.252 e. The Labute approximate surface area is 199 Å². The lowest BCUT2D eigenvalue weighted by molar-refractivity contribution is -0.142. The Morgan fingerprint density at radius 1 is 1.18 bits per heavy atom. The summed E-state index contributed by atoms with van der Waals surface area (Å²) in [7, 11) is 1.69. The minimum absolute atomic E-state index is 0.0260. The zero-order chi connectivity index (χ0) is 23.7. The van der Waals surface area contributed by atoms with Crippen LogP contribution in [0, 0.1) is 0 Å². The number of ether oxygens (including phenoxy) is 2. The first kappa shape index (κ1) is 25.3. The lowest BCUT2D eigenvalue weighted by Crippen LogP contribution is -2.50. The van der Waals surface area contributed by atoms with E-state index in [1.54, 1.807) is 7.11 Å². The van der Waals surface area contributed by atoms with Gasteiger partial charge in [0.2, 0.25) is 0 Å². The summed E-state index contributed by atoms with van der Waals surface area (Å²) in [6.45, 7) is 10.3. The molecule has 1 amide bonds. The third-order valence-electron chi connectivity index (χ3n) is 6.74. The average molecular weight is 453 g/mol. The Balaban J connectivity index is 1.68. The highest BCUT2D eigenvalue weighted by molar-refractivity contribution is 5.86. The largest absolute Gasteiger partial charge is 0.496 e. The molecule has 5 nitrogen and oxygen atoms in total. The number of hydrogen-bond donors (Lipinski definition) is 1. The van der Waals surface area contributed by atoms with Gasteiger partial charge in [-0.1, -0.05) is 56.3 Å². The molecule has 2 aromatic rings. The molecular weight excluding hydrogens is 412 g/mol. The van der Waals surface area contributed by atoms with Crippen molar-refractivity contribution in [2.45, 2.75) is 64.5 Å². The zero-order valence-electron chi connectivity index (χ0n) is 20.7. The van der Waals surface area contributed by atoms with Crippen LogP contribution in [0.4, 0.5) is 0 Å². The van der Waals surface area contributed by atoms with Crippen LogP contribution in [0.25, 0.3) is 11.1 Å². The van der Waals surface area contributed by atoms with Crippen molar-refractivity contribution in [1.29, 1.82) is 0 Å². The molecule has 0 unspecified atom stereocenters. The second kappa shape index (κ2) is 12.2. The van der Waals surface area contributed by atoms with E-state index in [0.717, 1.165) is 67.8 Å². The molecule has 33 heavy (non-hydrogen) atoms. The van der Waals surface area contributed by atoms with E-state index in [4.69, 9.17) is 9.47 Å². The van der Waals surface area contributed by atoms with Gasteiger partial charge >= 0.3 is 0 Å². The maximum atomic E-state index is 13.4. The van der Waals surface area contributed by atoms with Crippen LogP contribution in [0.1, 0.15) is 52.0 Å². The molecule has 0 aliphatic carbocycles. The average Bonchev–Trinajstić information content (AvgIpc) is 3.31. The summed E-state index contributed by atoms with van der Waals surface area (Å²) in [4.78, 5) is 15.8. The Hall–Kier alpha value is -2.37. The Morgan fingerprint density at radius 3 is 2.67 bits per heavy atom. The molecule has 0 saturated carbocycles. The van der Waals surface area contributed by atoms with E-state index in [1.165, 1.54) is 0 Å². The van der Waals surface area contributed by atoms with Crippen molar-refractivity contribution in [2.24, 2.45) is 0 Å². The van der Waals surface area contributed by atoms with E-state index in [9.17, 15) is 4.79 Å². The Kier molecular flexibility index (Phi) is 9.33. The molecule has 1 saturated heterocycles. The van der Waals surface area contributed by atoms with E-state index >= 15 is 0 Å². The van der Waals surface area contributed by atoms with Gasteiger partial charge in [-0.15, -0.1) is 0 Å². The van der Waals surface area contributed by atoms with Crippen LogP contribution in [-0.2, 0) is 16.0 Å². The third-order valence-corrected chi connectivity index (χ3v) is 6.74. The molecular formula is C28H40N2O3. The van der Waals surface area contributed by atoms with E-state index in [1.807, 2.05) is 24.3 Å². The molecule has 1 heterocycles. The summed E-state index contributed by atoms with van der Waals surface area (Å²) in [5.41, 5.74) is 2.45. The molecule has 1 N–H and O–H groups in total. The number of carbonyl (C=O) groups excluding carboxylic acids is 1. The van der Waals surface area contributed by atoms with Crippen LogP contribution in [0.15, 0.2) is 48.5 Å². The van der Waals surface area contributed by atoms with E-state index in [0.29, 0.717) is 13.0 Å². The minimum atomic E-state index is -0.785. The number of methoxy groups -OCH3 is 1. The highest BCUT2D eigenvalue weighted by atomic mass is 16.5. The lowest BCUT2D eigenvalue weighted by Gasteiger charge is -2.29. The monoisotopic (exact) mass is 452 g/mol. The lowest BCUT2D eigenvalue weighted by atomic mass is 9.89. The van der Waals surface area contributed by atoms with Gasteiger partial charge in [-0.3, -0.25) is 4.79 Å². The van der Waals surface area contributed by atoms with E-state index < -0.39 is 5.60 Å². The number of carbonyl (C=O) groups is 1. The van der Waals surface area contributed by atoms with Crippen molar-refractivity contribution in [3.05, 3.63) is 54.1 Å². The predicted molar refractivity (Wildman–Crippen MR) is 135 cm³/mol. The number of nitrogens with zero attached hydrogens (tertiary/aromatic N) is 1. The second-order valence-corrected chi connectivity index (χ2v) is 9.07. The topological polar surface area (TPSA) is 50.8 Å². The molecule has 1 fully saturated rings. The first-order valence-electron chi connectivity index (χ1n) is 12.4. The van der Waals surface area contributed by atoms with Crippen molar-refractivity contribution in [1.82, 2.24) is 10.2 Å². The fourth-order valence-corrected chi connectivity index (χ4v) is 4.75. The quantitative estimate of drug-likeness (QED) is 0.488. The number of rotatable bonds is 12. The molecule has 0 bridgehead atoms. The van der Waals surface area contributed by atoms with Gasteiger partial charge in [0, 0.05) is 24.6 Å². The highest BCUT2D eigenvalue weighted by Gasteiger charge is 2.43. The first-order valence-corrected chi connectivity index (χ1v) is 12.4. The number of benzene rings is 2. The number of nitrogens with one attached hydrogen (secondary N) is 1. The number of para-hydroxylation sites is 1. The molecule has 3 rings (SSSR count). The fraction of sp³-hybridized carbons (Fsp3) is 0.536. The molecule has 0 radical (unpaired) electrons. The standard InChI is InChI=1S/C28H40N2O3/c1-5-30(6-2)18-10-12-22(3)29-27(31)28(17-11-19-33-28)21-23-13-9-14-24(20-23)25-15-7-8-16-26(25)32-4/h7-9,13-16,20,22H,5-6,10-12,17-19,21H2,1-4H3,(H,29,31)/t22-,28+/m0/s1. The zero-order valence-corrected chi connectivity index (χ0v) is 20.7. The molecule has 0 aromatic heterocycles. The van der Waals surface area contributed by atoms with Crippen LogP contribution in [0.2, 0.25) is 0 Å². The van der Waals surface area contributed by atoms with Gasteiger partial charge in [0.15, 0.2) is 5.60 Å². The SMILES string of the molecule is CCN(CC)CCC[C@H](C)NC(=O)[C@]1(Cc2cccc(-c3ccccc3OC)c2)CCCO1. The van der Waals surface area contributed by atoms with Crippen LogP contribution in [0.3, 0.4) is 0 Å². The summed E-state index contributed by atoms with van der Waals surface area (Å²) in [6.07, 6.45) is 4.30. The minimum Gasteiger partial charge on any atom is -0.496 e. The Morgan fingerprint density at radius 2 is 1.97 bits per heavy atom. The summed E-state index contributed by atoms with van der Waals surface area (Å²) in [6, 6.07) is 16.5. The van der Waals surface area contributed by atoms with Gasteiger partial charge in [-0.25, -0.2) is 0 Å². The van der Waals surface area contributed by atoms with Gasteiger partial charge in [-0.2, -0.15) is 0 Å². The van der Waals surface area contributed by atoms with Crippen LogP contribution < -0.4 is 10.1 Å². The van der Waals surface area contributed by atoms with Crippen molar-refractivity contribution >= 4 is 5.91 Å². The third kappa shape index (κ3) is 6.58. The number of amides is 1. The van der Waals surface area contributed by atoms with Crippen molar-refractivity contribution < 1.29 is 14.3 Å². The summed E-state index contributed by atoms with van der Waals surface area (Å²) >= 11 is 0. The molecule has 1 aliphatic rings. The van der Waals surface area contributed by atoms with Gasteiger partial charge in [0.05, 0.1) is 7.11 Å². The maximum absolute atomic E-state index is 13.4. The highest BCUT2D eigenvalue weighted by Crippen LogP contribution is 2.34. The van der Waals surface area contributed by atoms with Crippen molar-refractivity contribution in [3.63, 3.8) is 0 Å². The molecule has 0 spiro atoms. The molecule has 5 heteroatoms. The van der Waals surface area contributed by atoms with Crippen molar-refractivity contribution in [3.8, 4) is 16.9 Å². The van der Waals surface area contributed by atoms with E-state index in [2.05, 4.69) is 55.3 Å². The summed E-state index contributed by atoms with van der Waals surface area (Å²) < 4.78 is 11.7. The normalized spacial score (nSPS) is 18.9. The Bertz CT molecular complexity index is 888. The van der Waals surface area contributed by atoms with Crippen LogP contribution >= 0.6 is 0 Å². The van der Waals surface area contributed by atoms with Gasteiger partial charge in [-0.05, 0) is 69.4 Å². The maximum Gasteiger partial charge on any atom is 0.252 e. The fourth-order valence-electron chi connectivity index (χ4n) is 4.75. The summed E-state index contributed by atoms with van der Waals surface area (Å²) in [5.74, 6) is 0.871. The first-order chi connectivity index (χ1) is 16.0. The number of hydrogen-bond acceptors (Lipinski definition) is 4. The summed E-state index contributed by atoms with van der Waals surface area (Å²) in [5, 5.41) is 3.25. The van der Waals surface area contributed by atoms with Crippen LogP contribution in [0.5, 0.6) is 5.75 Å². The van der Waals surface area contributed by atoms with Gasteiger partial charge in [0.25, 0.3) is 5.91 Å². The molecule has 180 valence electrons. The van der Waals surface area contributed by atoms with E-state index in [-0.39, 0.29) is 11.9 Å². The molecule has 2 atom stereocenters.